The monoisotopic (exact) mass is 157 g/mol. The molecule has 1 N–H and O–H groups in total. The summed E-state index contributed by atoms with van der Waals surface area (Å²) in [5.41, 5.74) is 0. The first kappa shape index (κ1) is 9.61. The molecular weight excluding hydrogens is 146 g/mol. The van der Waals surface area contributed by atoms with E-state index in [0.717, 1.165) is 0 Å². The first-order chi connectivity index (χ1) is 5.27. The molecule has 0 atom stereocenters. The van der Waals surface area contributed by atoms with Crippen molar-refractivity contribution in [3.63, 3.8) is 0 Å². The summed E-state index contributed by atoms with van der Waals surface area (Å²) < 4.78 is 4.36. The van der Waals surface area contributed by atoms with Crippen molar-refractivity contribution in [1.29, 1.82) is 0 Å². The highest BCUT2D eigenvalue weighted by molar-refractivity contribution is 5.37. The molecule has 11 heavy (non-hydrogen) atoms. The molecule has 1 aromatic heterocycles. The summed E-state index contributed by atoms with van der Waals surface area (Å²) >= 11 is 0. The predicted molar refractivity (Wildman–Crippen MR) is 38.7 cm³/mol. The zero-order valence-electron chi connectivity index (χ0n) is 6.52. The van der Waals surface area contributed by atoms with Gasteiger partial charge in [0.05, 0.1) is 6.10 Å². The van der Waals surface area contributed by atoms with E-state index in [2.05, 4.69) is 19.9 Å². The molecule has 1 heterocycles. The molecule has 0 radical (unpaired) electrons. The van der Waals surface area contributed by atoms with Gasteiger partial charge in [0.1, 0.15) is 12.7 Å². The van der Waals surface area contributed by atoms with Crippen LogP contribution in [-0.2, 0) is 9.53 Å². The summed E-state index contributed by atoms with van der Waals surface area (Å²) in [4.78, 5) is 12.9. The molecule has 0 amide bonds. The van der Waals surface area contributed by atoms with Crippen LogP contribution < -0.4 is 0 Å². The lowest BCUT2D eigenvalue weighted by Crippen LogP contribution is -1.98. The molecule has 0 bridgehead atoms. The van der Waals surface area contributed by atoms with Crippen molar-refractivity contribution in [1.82, 2.24) is 15.2 Å². The van der Waals surface area contributed by atoms with Crippen molar-refractivity contribution < 1.29 is 9.53 Å². The number of carbonyl (C=O) groups excluding carboxylic acids is 1. The fourth-order valence-corrected chi connectivity index (χ4v) is 0.278. The van der Waals surface area contributed by atoms with Crippen LogP contribution in [0.1, 0.15) is 13.8 Å². The van der Waals surface area contributed by atoms with Crippen molar-refractivity contribution in [3.8, 4) is 0 Å². The van der Waals surface area contributed by atoms with Gasteiger partial charge in [-0.3, -0.25) is 9.89 Å². The highest BCUT2D eigenvalue weighted by Gasteiger charge is 1.83. The van der Waals surface area contributed by atoms with Gasteiger partial charge >= 0.3 is 0 Å². The van der Waals surface area contributed by atoms with Gasteiger partial charge in [-0.25, -0.2) is 4.98 Å². The van der Waals surface area contributed by atoms with E-state index in [4.69, 9.17) is 0 Å². The Morgan fingerprint density at radius 3 is 2.45 bits per heavy atom. The van der Waals surface area contributed by atoms with Crippen LogP contribution in [0.2, 0.25) is 0 Å². The lowest BCUT2D eigenvalue weighted by Gasteiger charge is -1.96. The van der Waals surface area contributed by atoms with Gasteiger partial charge in [-0.15, -0.1) is 0 Å². The minimum atomic E-state index is 0.0301. The number of hydrogen-bond acceptors (Lipinski definition) is 4. The van der Waals surface area contributed by atoms with Crippen LogP contribution >= 0.6 is 0 Å². The lowest BCUT2D eigenvalue weighted by molar-refractivity contribution is -0.131. The van der Waals surface area contributed by atoms with Crippen molar-refractivity contribution in [3.05, 3.63) is 12.7 Å². The number of ether oxygens (including phenoxy) is 1. The van der Waals surface area contributed by atoms with Crippen molar-refractivity contribution >= 4 is 6.47 Å². The van der Waals surface area contributed by atoms with E-state index < -0.39 is 0 Å². The van der Waals surface area contributed by atoms with Gasteiger partial charge in [-0.05, 0) is 13.8 Å². The molecule has 0 unspecified atom stereocenters. The SMILES string of the molecule is CC(C)OC=O.c1nc[nH]n1. The van der Waals surface area contributed by atoms with Crippen LogP contribution in [0.4, 0.5) is 0 Å². The van der Waals surface area contributed by atoms with Gasteiger partial charge in [0.15, 0.2) is 0 Å². The van der Waals surface area contributed by atoms with Crippen molar-refractivity contribution in [2.75, 3.05) is 0 Å². The van der Waals surface area contributed by atoms with Gasteiger partial charge < -0.3 is 4.74 Å². The van der Waals surface area contributed by atoms with Crippen molar-refractivity contribution in [2.24, 2.45) is 0 Å². The number of rotatable bonds is 2. The maximum absolute atomic E-state index is 9.39. The average molecular weight is 157 g/mol. The van der Waals surface area contributed by atoms with Gasteiger partial charge in [0.25, 0.3) is 6.47 Å². The van der Waals surface area contributed by atoms with Gasteiger partial charge in [-0.2, -0.15) is 5.10 Å². The Kier molecular flexibility index (Phi) is 5.88. The summed E-state index contributed by atoms with van der Waals surface area (Å²) in [6.07, 6.45) is 2.99. The summed E-state index contributed by atoms with van der Waals surface area (Å²) in [5.74, 6) is 0. The van der Waals surface area contributed by atoms with Crippen LogP contribution in [0, 0.1) is 0 Å². The standard InChI is InChI=1S/C4H8O2.C2H3N3/c1-4(2)6-3-5;1-3-2-5-4-1/h3-4H,1-2H3;1-2H,(H,3,4,5). The number of nitrogens with zero attached hydrogens (tertiary/aromatic N) is 2. The Bertz CT molecular complexity index is 145. The number of H-pyrrole nitrogens is 1. The largest absolute Gasteiger partial charge is 0.465 e. The van der Waals surface area contributed by atoms with E-state index in [1.807, 2.05) is 0 Å². The van der Waals surface area contributed by atoms with E-state index >= 15 is 0 Å². The highest BCUT2D eigenvalue weighted by atomic mass is 16.5. The zero-order chi connectivity index (χ0) is 8.53. The minimum Gasteiger partial charge on any atom is -0.465 e. The maximum Gasteiger partial charge on any atom is 0.293 e. The number of nitrogens with one attached hydrogen (secondary N) is 1. The second-order valence-corrected chi connectivity index (χ2v) is 1.93. The van der Waals surface area contributed by atoms with Gasteiger partial charge in [-0.1, -0.05) is 0 Å². The van der Waals surface area contributed by atoms with Gasteiger partial charge in [0.2, 0.25) is 0 Å². The molecule has 0 saturated heterocycles. The Hall–Kier alpha value is -1.39. The third-order valence-corrected chi connectivity index (χ3v) is 0.659. The fourth-order valence-electron chi connectivity index (χ4n) is 0.278. The number of carbonyl (C=O) groups is 1. The molecule has 0 fully saturated rings. The van der Waals surface area contributed by atoms with E-state index in [9.17, 15) is 4.79 Å². The van der Waals surface area contributed by atoms with Crippen LogP contribution in [0.3, 0.4) is 0 Å². The molecule has 5 nitrogen and oxygen atoms in total. The molecule has 1 rings (SSSR count). The van der Waals surface area contributed by atoms with Crippen LogP contribution in [-0.4, -0.2) is 27.8 Å². The normalized spacial score (nSPS) is 8.27. The number of aromatic amines is 1. The summed E-state index contributed by atoms with van der Waals surface area (Å²) in [6, 6.07) is 0. The summed E-state index contributed by atoms with van der Waals surface area (Å²) in [5, 5.41) is 5.99. The van der Waals surface area contributed by atoms with Gasteiger partial charge in [0, 0.05) is 0 Å². The quantitative estimate of drug-likeness (QED) is 0.630. The molecule has 0 aliphatic carbocycles. The Morgan fingerprint density at radius 2 is 2.36 bits per heavy atom. The van der Waals surface area contributed by atoms with Crippen LogP contribution in [0.5, 0.6) is 0 Å². The topological polar surface area (TPSA) is 67.9 Å². The third-order valence-electron chi connectivity index (χ3n) is 0.659. The van der Waals surface area contributed by atoms with Crippen LogP contribution in [0.25, 0.3) is 0 Å². The molecule has 5 heteroatoms. The first-order valence-corrected chi connectivity index (χ1v) is 3.15. The highest BCUT2D eigenvalue weighted by Crippen LogP contribution is 1.79. The molecule has 1 aromatic rings. The molecular formula is C6H11N3O2. The third kappa shape index (κ3) is 8.61. The second kappa shape index (κ2) is 6.73. The van der Waals surface area contributed by atoms with E-state index in [0.29, 0.717) is 6.47 Å². The maximum atomic E-state index is 9.39. The Balaban J connectivity index is 0.000000183. The first-order valence-electron chi connectivity index (χ1n) is 3.15. The second-order valence-electron chi connectivity index (χ2n) is 1.93. The number of hydrogen-bond donors (Lipinski definition) is 1. The molecule has 62 valence electrons. The minimum absolute atomic E-state index is 0.0301. The molecule has 0 aromatic carbocycles. The molecule has 0 spiro atoms. The Labute approximate surface area is 64.8 Å². The predicted octanol–water partition coefficient (Wildman–Crippen LogP) is 0.372. The molecule has 0 saturated carbocycles. The smallest absolute Gasteiger partial charge is 0.293 e. The zero-order valence-corrected chi connectivity index (χ0v) is 6.52. The molecule has 0 aliphatic heterocycles. The van der Waals surface area contributed by atoms with Crippen molar-refractivity contribution in [2.45, 2.75) is 20.0 Å². The van der Waals surface area contributed by atoms with E-state index in [1.54, 1.807) is 13.8 Å². The van der Waals surface area contributed by atoms with Crippen LogP contribution in [0.15, 0.2) is 12.7 Å². The fraction of sp³-hybridized carbons (Fsp3) is 0.500. The van der Waals surface area contributed by atoms with E-state index in [-0.39, 0.29) is 6.10 Å². The summed E-state index contributed by atoms with van der Waals surface area (Å²) in [6.45, 7) is 4.05. The lowest BCUT2D eigenvalue weighted by atomic mass is 10.5. The number of aromatic nitrogens is 3. The Morgan fingerprint density at radius 1 is 1.64 bits per heavy atom. The summed E-state index contributed by atoms with van der Waals surface area (Å²) in [7, 11) is 0. The molecule has 0 aliphatic rings. The average Bonchev–Trinajstić information content (AvgIpc) is 2.41. The van der Waals surface area contributed by atoms with E-state index in [1.165, 1.54) is 12.7 Å².